The maximum Gasteiger partial charge on any atom is 0.472 e. The topological polar surface area (TPSA) is 132 Å². The van der Waals surface area contributed by atoms with Gasteiger partial charge >= 0.3 is 15.6 Å². The minimum atomic E-state index is -4.44. The Bertz CT molecular complexity index is 505. The second kappa shape index (κ2) is 10.6. The number of quaternary nitrogens is 2. The van der Waals surface area contributed by atoms with E-state index in [0.29, 0.717) is 22.1 Å². The van der Waals surface area contributed by atoms with Gasteiger partial charge in [0.05, 0.1) is 55.5 Å². The van der Waals surface area contributed by atoms with Crippen LogP contribution in [0.25, 0.3) is 0 Å². The molecule has 3 unspecified atom stereocenters. The lowest BCUT2D eigenvalue weighted by Crippen LogP contribution is -2.37. The van der Waals surface area contributed by atoms with Crippen LogP contribution >= 0.6 is 15.6 Å². The summed E-state index contributed by atoms with van der Waals surface area (Å²) in [4.78, 5) is 19.2. The third kappa shape index (κ3) is 15.2. The van der Waals surface area contributed by atoms with Crippen LogP contribution in [0.2, 0.25) is 0 Å². The molecule has 0 amide bonds. The van der Waals surface area contributed by atoms with Crippen molar-refractivity contribution in [2.75, 3.05) is 81.8 Å². The zero-order valence-electron chi connectivity index (χ0n) is 16.4. The highest BCUT2D eigenvalue weighted by atomic mass is 31.2. The molecular weight excluding hydrogens is 390 g/mol. The van der Waals surface area contributed by atoms with Crippen LogP contribution in [0.15, 0.2) is 0 Å². The van der Waals surface area contributed by atoms with E-state index in [0.717, 1.165) is 0 Å². The van der Waals surface area contributed by atoms with E-state index in [2.05, 4.69) is 0 Å². The van der Waals surface area contributed by atoms with E-state index < -0.39 is 35.0 Å². The van der Waals surface area contributed by atoms with Crippen molar-refractivity contribution in [2.24, 2.45) is 0 Å². The third-order valence-electron chi connectivity index (χ3n) is 2.94. The van der Waals surface area contributed by atoms with Gasteiger partial charge in [-0.3, -0.25) is 18.1 Å². The molecule has 0 aliphatic rings. The molecule has 11 nitrogen and oxygen atoms in total. The van der Waals surface area contributed by atoms with Crippen molar-refractivity contribution in [3.05, 3.63) is 0 Å². The van der Waals surface area contributed by atoms with E-state index in [1.807, 2.05) is 42.3 Å². The van der Waals surface area contributed by atoms with Crippen LogP contribution in [0.1, 0.15) is 0 Å². The smallest absolute Gasteiger partial charge is 0.394 e. The van der Waals surface area contributed by atoms with E-state index >= 15 is 0 Å². The molecule has 26 heavy (non-hydrogen) atoms. The molecule has 0 aliphatic heterocycles. The molecule has 3 N–H and O–H groups in total. The predicted octanol–water partition coefficient (Wildman–Crippen LogP) is 0.0269. The van der Waals surface area contributed by atoms with Crippen molar-refractivity contribution in [1.29, 1.82) is 0 Å². The summed E-state index contributed by atoms with van der Waals surface area (Å²) in [6.07, 6.45) is -1.32. The monoisotopic (exact) mass is 424 g/mol. The van der Waals surface area contributed by atoms with Crippen molar-refractivity contribution >= 4 is 15.6 Å². The summed E-state index contributed by atoms with van der Waals surface area (Å²) in [5.41, 5.74) is 0. The zero-order chi connectivity index (χ0) is 20.6. The van der Waals surface area contributed by atoms with Gasteiger partial charge in [-0.15, -0.1) is 0 Å². The Labute approximate surface area is 155 Å². The van der Waals surface area contributed by atoms with Crippen LogP contribution in [-0.4, -0.2) is 112 Å². The maximum atomic E-state index is 11.8. The molecule has 0 aromatic heterocycles. The quantitative estimate of drug-likeness (QED) is 0.261. The fourth-order valence-corrected chi connectivity index (χ4v) is 3.03. The number of nitrogens with zero attached hydrogens (tertiary/aromatic N) is 2. The largest absolute Gasteiger partial charge is 0.472 e. The van der Waals surface area contributed by atoms with Gasteiger partial charge in [0, 0.05) is 0 Å². The van der Waals surface area contributed by atoms with Crippen LogP contribution in [0, 0.1) is 0 Å². The van der Waals surface area contributed by atoms with Gasteiger partial charge in [-0.1, -0.05) is 0 Å². The Hall–Kier alpha value is 0.1000. The molecule has 0 spiro atoms. The van der Waals surface area contributed by atoms with E-state index in [9.17, 15) is 24.0 Å². The van der Waals surface area contributed by atoms with Gasteiger partial charge in [-0.25, -0.2) is 9.13 Å². The van der Waals surface area contributed by atoms with Crippen molar-refractivity contribution in [3.8, 4) is 0 Å². The number of phosphoric ester groups is 2. The first kappa shape index (κ1) is 26.1. The molecule has 0 heterocycles. The molecule has 0 bridgehead atoms. The SMILES string of the molecule is C[N+](C)(C)CCOP(=O)(O)OCC(CO)OP(=O)(O)OCC[N+](C)(C)C. The Morgan fingerprint density at radius 2 is 1.23 bits per heavy atom. The number of likely N-dealkylation sites (N-methyl/N-ethyl adjacent to an activating group) is 2. The fraction of sp³-hybridized carbons (Fsp3) is 1.00. The molecule has 3 atom stereocenters. The Morgan fingerprint density at radius 1 is 0.808 bits per heavy atom. The number of hydrogen-bond donors (Lipinski definition) is 3. The first-order valence-electron chi connectivity index (χ1n) is 8.05. The van der Waals surface area contributed by atoms with Crippen LogP contribution in [-0.2, 0) is 27.2 Å². The van der Waals surface area contributed by atoms with Crippen LogP contribution in [0.4, 0.5) is 0 Å². The highest BCUT2D eigenvalue weighted by Gasteiger charge is 2.30. The van der Waals surface area contributed by atoms with Gasteiger partial charge in [0.25, 0.3) is 0 Å². The van der Waals surface area contributed by atoms with Crippen molar-refractivity contribution < 1.29 is 51.1 Å². The molecular formula is C13H34N2O9P2+2. The summed E-state index contributed by atoms with van der Waals surface area (Å²) in [5.74, 6) is 0. The molecule has 0 radical (unpaired) electrons. The standard InChI is InChI=1S/C13H32N2O9P2/c1-14(2,3)7-9-21-25(17,18)23-12-13(11-16)24-26(19,20)22-10-8-15(4,5)6/h13,16H,7-12H2,1-6H3/p+2. The highest BCUT2D eigenvalue weighted by Crippen LogP contribution is 2.47. The average molecular weight is 424 g/mol. The summed E-state index contributed by atoms with van der Waals surface area (Å²) in [7, 11) is 2.50. The summed E-state index contributed by atoms with van der Waals surface area (Å²) in [5, 5.41) is 9.21. The molecule has 0 aromatic rings. The van der Waals surface area contributed by atoms with Gasteiger partial charge in [0.2, 0.25) is 0 Å². The van der Waals surface area contributed by atoms with Gasteiger partial charge in [-0.2, -0.15) is 0 Å². The Balaban J connectivity index is 4.39. The summed E-state index contributed by atoms with van der Waals surface area (Å²) < 4.78 is 43.8. The van der Waals surface area contributed by atoms with Crippen LogP contribution in [0.5, 0.6) is 0 Å². The second-order valence-corrected chi connectivity index (χ2v) is 10.7. The van der Waals surface area contributed by atoms with E-state index in [1.54, 1.807) is 0 Å². The molecule has 0 fully saturated rings. The first-order valence-corrected chi connectivity index (χ1v) is 11.0. The number of rotatable bonds is 14. The first-order chi connectivity index (χ1) is 11.6. The summed E-state index contributed by atoms with van der Waals surface area (Å²) >= 11 is 0. The highest BCUT2D eigenvalue weighted by molar-refractivity contribution is 7.47. The lowest BCUT2D eigenvalue weighted by molar-refractivity contribution is -0.870. The zero-order valence-corrected chi connectivity index (χ0v) is 18.2. The summed E-state index contributed by atoms with van der Waals surface area (Å²) in [6, 6.07) is 0. The molecule has 158 valence electrons. The molecule has 13 heteroatoms. The van der Waals surface area contributed by atoms with Crippen LogP contribution < -0.4 is 0 Å². The lowest BCUT2D eigenvalue weighted by Gasteiger charge is -2.25. The van der Waals surface area contributed by atoms with Crippen molar-refractivity contribution in [2.45, 2.75) is 6.10 Å². The number of phosphoric acid groups is 2. The van der Waals surface area contributed by atoms with E-state index in [4.69, 9.17) is 18.1 Å². The molecule has 0 saturated carbocycles. The van der Waals surface area contributed by atoms with Gasteiger partial charge in [0.15, 0.2) is 0 Å². The molecule has 0 aromatic carbocycles. The maximum absolute atomic E-state index is 11.8. The minimum absolute atomic E-state index is 0.0193. The summed E-state index contributed by atoms with van der Waals surface area (Å²) in [6.45, 7) is -0.447. The average Bonchev–Trinajstić information content (AvgIpc) is 2.39. The van der Waals surface area contributed by atoms with Gasteiger partial charge < -0.3 is 23.9 Å². The Kier molecular flexibility index (Phi) is 10.6. The molecule has 0 saturated heterocycles. The van der Waals surface area contributed by atoms with E-state index in [-0.39, 0.29) is 13.2 Å². The minimum Gasteiger partial charge on any atom is -0.394 e. The van der Waals surface area contributed by atoms with Gasteiger partial charge in [-0.05, 0) is 0 Å². The normalized spacial score (nSPS) is 19.0. The second-order valence-electron chi connectivity index (χ2n) is 7.84. The Morgan fingerprint density at radius 3 is 1.62 bits per heavy atom. The number of aliphatic hydroxyl groups is 1. The van der Waals surface area contributed by atoms with E-state index in [1.165, 1.54) is 0 Å². The molecule has 0 rings (SSSR count). The van der Waals surface area contributed by atoms with Crippen molar-refractivity contribution in [3.63, 3.8) is 0 Å². The van der Waals surface area contributed by atoms with Crippen molar-refractivity contribution in [1.82, 2.24) is 0 Å². The molecule has 0 aliphatic carbocycles. The fourth-order valence-electron chi connectivity index (χ4n) is 1.41. The van der Waals surface area contributed by atoms with Crippen LogP contribution in [0.3, 0.4) is 0 Å². The number of aliphatic hydroxyl groups excluding tert-OH is 1. The third-order valence-corrected chi connectivity index (χ3v) is 5.00. The predicted molar refractivity (Wildman–Crippen MR) is 95.3 cm³/mol. The van der Waals surface area contributed by atoms with Gasteiger partial charge in [0.1, 0.15) is 32.4 Å². The number of hydrogen-bond acceptors (Lipinski definition) is 7. The lowest BCUT2D eigenvalue weighted by atomic mass is 10.4.